The highest BCUT2D eigenvalue weighted by Gasteiger charge is 2.14. The third kappa shape index (κ3) is 5.63. The monoisotopic (exact) mass is 378 g/mol. The molecule has 2 aromatic rings. The minimum absolute atomic E-state index is 0.809. The molecule has 28 heavy (non-hydrogen) atoms. The van der Waals surface area contributed by atoms with Gasteiger partial charge < -0.3 is 9.47 Å². The van der Waals surface area contributed by atoms with Crippen molar-refractivity contribution in [2.24, 2.45) is 7.05 Å². The molecule has 0 aliphatic rings. The summed E-state index contributed by atoms with van der Waals surface area (Å²) >= 11 is 0. The largest absolute Gasteiger partial charge is 0.344 e. The molecule has 1 heterocycles. The molecule has 0 bridgehead atoms. The first-order chi connectivity index (χ1) is 13.4. The number of aromatic nitrogens is 1. The smallest absolute Gasteiger partial charge is 0.0485 e. The molecule has 0 aliphatic carbocycles. The zero-order valence-electron chi connectivity index (χ0n) is 19.1. The Kier molecular flexibility index (Phi) is 11.4. The van der Waals surface area contributed by atoms with Gasteiger partial charge in [-0.05, 0) is 50.6 Å². The average Bonchev–Trinajstić information content (AvgIpc) is 2.96. The van der Waals surface area contributed by atoms with Gasteiger partial charge in [0, 0.05) is 40.7 Å². The molecule has 0 spiro atoms. The fourth-order valence-corrected chi connectivity index (χ4v) is 3.03. The number of rotatable bonds is 6. The van der Waals surface area contributed by atoms with Crippen LogP contribution in [-0.4, -0.2) is 9.47 Å². The van der Waals surface area contributed by atoms with Gasteiger partial charge in [0.1, 0.15) is 0 Å². The molecule has 0 amide bonds. The lowest BCUT2D eigenvalue weighted by Crippen LogP contribution is -2.17. The number of fused-ring (bicyclic) bond motifs is 1. The number of aryl methyl sites for hydroxylation is 2. The van der Waals surface area contributed by atoms with Crippen molar-refractivity contribution < 1.29 is 0 Å². The normalized spacial score (nSPS) is 10.6. The second-order valence-corrected chi connectivity index (χ2v) is 5.92. The Balaban J connectivity index is 0.00000171. The van der Waals surface area contributed by atoms with Crippen LogP contribution in [0.1, 0.15) is 52.8 Å². The molecular weight excluding hydrogens is 340 g/mol. The Labute approximate surface area is 172 Å². The van der Waals surface area contributed by atoms with E-state index in [0.717, 1.165) is 17.1 Å². The van der Waals surface area contributed by atoms with Gasteiger partial charge in [-0.15, -0.1) is 0 Å². The molecule has 2 heteroatoms. The molecule has 152 valence electrons. The van der Waals surface area contributed by atoms with E-state index in [4.69, 9.17) is 0 Å². The van der Waals surface area contributed by atoms with E-state index in [0.29, 0.717) is 0 Å². The van der Waals surface area contributed by atoms with Crippen LogP contribution in [0.3, 0.4) is 0 Å². The number of hydrogen-bond acceptors (Lipinski definition) is 1. The van der Waals surface area contributed by atoms with Gasteiger partial charge >= 0.3 is 0 Å². The zero-order chi connectivity index (χ0) is 21.9. The summed E-state index contributed by atoms with van der Waals surface area (Å²) in [6.07, 6.45) is 8.02. The van der Waals surface area contributed by atoms with E-state index in [1.165, 1.54) is 22.2 Å². The van der Waals surface area contributed by atoms with Gasteiger partial charge in [-0.3, -0.25) is 0 Å². The summed E-state index contributed by atoms with van der Waals surface area (Å²) in [6.45, 7) is 26.2. The Hall–Kier alpha value is -2.74. The highest BCUT2D eigenvalue weighted by Crippen LogP contribution is 2.28. The fraction of sp³-hybridized carbons (Fsp3) is 0.308. The van der Waals surface area contributed by atoms with E-state index in [-0.39, 0.29) is 0 Å². The van der Waals surface area contributed by atoms with Crippen molar-refractivity contribution in [3.05, 3.63) is 90.6 Å². The summed E-state index contributed by atoms with van der Waals surface area (Å²) in [5.74, 6) is 0. The molecule has 2 nitrogen and oxygen atoms in total. The summed E-state index contributed by atoms with van der Waals surface area (Å²) in [5.41, 5.74) is 6.40. The van der Waals surface area contributed by atoms with Crippen molar-refractivity contribution >= 4 is 17.0 Å². The van der Waals surface area contributed by atoms with Crippen molar-refractivity contribution in [3.8, 4) is 0 Å². The van der Waals surface area contributed by atoms with Crippen LogP contribution < -0.4 is 0 Å². The van der Waals surface area contributed by atoms with Gasteiger partial charge in [0.15, 0.2) is 0 Å². The van der Waals surface area contributed by atoms with E-state index in [2.05, 4.69) is 74.7 Å². The highest BCUT2D eigenvalue weighted by atomic mass is 15.2. The van der Waals surface area contributed by atoms with Crippen molar-refractivity contribution in [1.82, 2.24) is 9.47 Å². The predicted octanol–water partition coefficient (Wildman–Crippen LogP) is 7.99. The summed E-state index contributed by atoms with van der Waals surface area (Å²) in [6, 6.07) is 8.46. The van der Waals surface area contributed by atoms with Crippen LogP contribution in [0.15, 0.2) is 79.3 Å². The van der Waals surface area contributed by atoms with Crippen LogP contribution in [0.5, 0.6) is 0 Å². The number of hydrogen-bond donors (Lipinski definition) is 0. The van der Waals surface area contributed by atoms with Crippen LogP contribution in [0.4, 0.5) is 0 Å². The third-order valence-corrected chi connectivity index (χ3v) is 4.20. The Morgan fingerprint density at radius 1 is 1.07 bits per heavy atom. The zero-order valence-corrected chi connectivity index (χ0v) is 19.1. The molecule has 1 aromatic carbocycles. The van der Waals surface area contributed by atoms with Crippen molar-refractivity contribution in [3.63, 3.8) is 0 Å². The van der Waals surface area contributed by atoms with E-state index >= 15 is 0 Å². The van der Waals surface area contributed by atoms with E-state index in [1.807, 2.05) is 52.5 Å². The minimum atomic E-state index is 0.809. The Bertz CT molecular complexity index is 821. The van der Waals surface area contributed by atoms with Gasteiger partial charge in [0.2, 0.25) is 0 Å². The quantitative estimate of drug-likeness (QED) is 0.462. The van der Waals surface area contributed by atoms with Crippen LogP contribution in [-0.2, 0) is 7.05 Å². The molecule has 0 atom stereocenters. The van der Waals surface area contributed by atoms with Gasteiger partial charge in [-0.25, -0.2) is 0 Å². The third-order valence-electron chi connectivity index (χ3n) is 4.20. The van der Waals surface area contributed by atoms with Gasteiger partial charge in [-0.1, -0.05) is 71.7 Å². The maximum absolute atomic E-state index is 4.09. The second-order valence-electron chi connectivity index (χ2n) is 5.92. The predicted molar refractivity (Wildman–Crippen MR) is 129 cm³/mol. The van der Waals surface area contributed by atoms with E-state index in [9.17, 15) is 0 Å². The first kappa shape index (κ1) is 25.3. The molecule has 0 fully saturated rings. The second kappa shape index (κ2) is 12.6. The molecule has 2 rings (SSSR count). The Morgan fingerprint density at radius 2 is 1.64 bits per heavy atom. The lowest BCUT2D eigenvalue weighted by Gasteiger charge is -2.26. The Morgan fingerprint density at radius 3 is 2.11 bits per heavy atom. The molecule has 0 unspecified atom stereocenters. The summed E-state index contributed by atoms with van der Waals surface area (Å²) in [5, 5.41) is 1.27. The van der Waals surface area contributed by atoms with Crippen LogP contribution in [0.25, 0.3) is 17.0 Å². The van der Waals surface area contributed by atoms with Crippen molar-refractivity contribution in [1.29, 1.82) is 0 Å². The van der Waals surface area contributed by atoms with E-state index < -0.39 is 0 Å². The summed E-state index contributed by atoms with van der Waals surface area (Å²) in [7, 11) is 2.10. The average molecular weight is 379 g/mol. The molecule has 0 radical (unpaired) electrons. The number of nitrogens with zero attached hydrogens (tertiary/aromatic N) is 2. The van der Waals surface area contributed by atoms with Gasteiger partial charge in [0.25, 0.3) is 0 Å². The number of para-hydroxylation sites is 1. The molecule has 0 saturated heterocycles. The molecule has 0 aliphatic heterocycles. The molecular formula is C26H38N2. The van der Waals surface area contributed by atoms with Crippen LogP contribution in [0.2, 0.25) is 0 Å². The standard InChI is InChI=1S/C22H26N2.2C2H6/c1-8-12-19(24(16(3)4)17(5)9-2)15-22-18(6)20-13-10-11-14-21(20)23(22)7;2*1-2/h8-15H,2-3,5H2,1,4,6-7H3;2*1-2H3/b12-8-,19-15+;;. The molecule has 0 saturated carbocycles. The van der Waals surface area contributed by atoms with Crippen LogP contribution in [0, 0.1) is 6.92 Å². The summed E-state index contributed by atoms with van der Waals surface area (Å²) < 4.78 is 2.22. The first-order valence-electron chi connectivity index (χ1n) is 10.1. The van der Waals surface area contributed by atoms with E-state index in [1.54, 1.807) is 6.08 Å². The summed E-state index contributed by atoms with van der Waals surface area (Å²) in [4.78, 5) is 2.02. The lowest BCUT2D eigenvalue weighted by molar-refractivity contribution is 0.570. The van der Waals surface area contributed by atoms with Crippen LogP contribution >= 0.6 is 0 Å². The fourth-order valence-electron chi connectivity index (χ4n) is 3.03. The first-order valence-corrected chi connectivity index (χ1v) is 10.1. The minimum Gasteiger partial charge on any atom is -0.344 e. The molecule has 1 aromatic heterocycles. The maximum Gasteiger partial charge on any atom is 0.0485 e. The van der Waals surface area contributed by atoms with Gasteiger partial charge in [0.05, 0.1) is 0 Å². The topological polar surface area (TPSA) is 8.17 Å². The lowest BCUT2D eigenvalue weighted by atomic mass is 10.1. The van der Waals surface area contributed by atoms with Crippen molar-refractivity contribution in [2.75, 3.05) is 0 Å². The van der Waals surface area contributed by atoms with Gasteiger partial charge in [-0.2, -0.15) is 0 Å². The highest BCUT2D eigenvalue weighted by molar-refractivity contribution is 5.88. The number of allylic oxidation sites excluding steroid dienone is 4. The maximum atomic E-state index is 4.09. The number of benzene rings is 1. The van der Waals surface area contributed by atoms with Crippen molar-refractivity contribution in [2.45, 2.75) is 48.5 Å². The SMILES string of the molecule is C=CC(=C)N(C(=C)C)C(/C=C\C)=C/c1c(C)c2ccccc2n1C.CC.CC. The molecule has 0 N–H and O–H groups in total.